The largest absolute Gasteiger partial charge is 0.513 e. The van der Waals surface area contributed by atoms with E-state index in [1.165, 1.54) is 0 Å². The molecule has 0 fully saturated rings. The predicted octanol–water partition coefficient (Wildman–Crippen LogP) is 1.22. The summed E-state index contributed by atoms with van der Waals surface area (Å²) in [6.45, 7) is 4.87. The van der Waals surface area contributed by atoms with Crippen molar-refractivity contribution in [1.82, 2.24) is 0 Å². The summed E-state index contributed by atoms with van der Waals surface area (Å²) in [5.74, 6) is 0.208. The molecule has 0 aromatic carbocycles. The quantitative estimate of drug-likeness (QED) is 0.506. The Morgan fingerprint density at radius 3 is 1.75 bits per heavy atom. The molecule has 0 amide bonds. The van der Waals surface area contributed by atoms with Crippen LogP contribution in [-0.2, 0) is 0 Å². The van der Waals surface area contributed by atoms with E-state index in [0.29, 0.717) is 5.57 Å². The Balaban J connectivity index is 4.00. The standard InChI is InChI=1S/C6H12O2/c1-4(5(2)7)6(3)8/h5,7-8H,1-3H3. The number of rotatable bonds is 1. The van der Waals surface area contributed by atoms with Crippen molar-refractivity contribution in [1.29, 1.82) is 0 Å². The third-order valence-corrected chi connectivity index (χ3v) is 1.20. The minimum Gasteiger partial charge on any atom is -0.513 e. The maximum absolute atomic E-state index is 8.77. The first-order valence-electron chi connectivity index (χ1n) is 2.60. The molecule has 2 nitrogen and oxygen atoms in total. The van der Waals surface area contributed by atoms with Gasteiger partial charge in [0.05, 0.1) is 11.9 Å². The van der Waals surface area contributed by atoms with Crippen molar-refractivity contribution in [3.63, 3.8) is 0 Å². The summed E-state index contributed by atoms with van der Waals surface area (Å²) in [4.78, 5) is 0. The van der Waals surface area contributed by atoms with Gasteiger partial charge in [0.25, 0.3) is 0 Å². The lowest BCUT2D eigenvalue weighted by atomic mass is 10.2. The number of hydrogen-bond acceptors (Lipinski definition) is 2. The van der Waals surface area contributed by atoms with Crippen molar-refractivity contribution in [2.75, 3.05) is 0 Å². The van der Waals surface area contributed by atoms with Crippen LogP contribution in [0.25, 0.3) is 0 Å². The highest BCUT2D eigenvalue weighted by molar-refractivity contribution is 5.05. The van der Waals surface area contributed by atoms with E-state index in [1.807, 2.05) is 0 Å². The Kier molecular flexibility index (Phi) is 2.55. The minimum atomic E-state index is -0.528. The molecule has 0 bridgehead atoms. The number of aliphatic hydroxyl groups excluding tert-OH is 2. The van der Waals surface area contributed by atoms with E-state index in [-0.39, 0.29) is 5.76 Å². The van der Waals surface area contributed by atoms with Crippen LogP contribution in [-0.4, -0.2) is 16.3 Å². The molecule has 0 spiro atoms. The molecule has 0 rings (SSSR count). The summed E-state index contributed by atoms with van der Waals surface area (Å²) in [7, 11) is 0. The monoisotopic (exact) mass is 116 g/mol. The third-order valence-electron chi connectivity index (χ3n) is 1.20. The Morgan fingerprint density at radius 2 is 1.75 bits per heavy atom. The van der Waals surface area contributed by atoms with Crippen LogP contribution in [0.3, 0.4) is 0 Å². The van der Waals surface area contributed by atoms with Gasteiger partial charge in [-0.25, -0.2) is 0 Å². The maximum Gasteiger partial charge on any atom is 0.0906 e. The zero-order chi connectivity index (χ0) is 6.73. The van der Waals surface area contributed by atoms with Crippen molar-refractivity contribution in [3.8, 4) is 0 Å². The van der Waals surface area contributed by atoms with Gasteiger partial charge >= 0.3 is 0 Å². The van der Waals surface area contributed by atoms with Crippen molar-refractivity contribution < 1.29 is 10.2 Å². The molecule has 0 aromatic heterocycles. The summed E-state index contributed by atoms with van der Waals surface area (Å²) in [5.41, 5.74) is 0.630. The van der Waals surface area contributed by atoms with E-state index >= 15 is 0 Å². The number of hydrogen-bond donors (Lipinski definition) is 2. The van der Waals surface area contributed by atoms with Gasteiger partial charge < -0.3 is 10.2 Å². The number of allylic oxidation sites excluding steroid dienone is 1. The Hall–Kier alpha value is -0.500. The predicted molar refractivity (Wildman–Crippen MR) is 32.7 cm³/mol. The van der Waals surface area contributed by atoms with E-state index in [1.54, 1.807) is 20.8 Å². The summed E-state index contributed by atoms with van der Waals surface area (Å²) < 4.78 is 0. The van der Waals surface area contributed by atoms with Crippen LogP contribution in [0.4, 0.5) is 0 Å². The van der Waals surface area contributed by atoms with Gasteiger partial charge in [-0.1, -0.05) is 0 Å². The fourth-order valence-corrected chi connectivity index (χ4v) is 0.302. The normalized spacial score (nSPS) is 17.5. The third kappa shape index (κ3) is 1.98. The number of aliphatic hydroxyl groups is 2. The zero-order valence-corrected chi connectivity index (χ0v) is 5.47. The highest BCUT2D eigenvalue weighted by Crippen LogP contribution is 2.03. The van der Waals surface area contributed by atoms with E-state index in [0.717, 1.165) is 0 Å². The molecule has 0 aliphatic rings. The Morgan fingerprint density at radius 1 is 1.38 bits per heavy atom. The summed E-state index contributed by atoms with van der Waals surface area (Å²) >= 11 is 0. The first kappa shape index (κ1) is 7.50. The summed E-state index contributed by atoms with van der Waals surface area (Å²) in [6, 6.07) is 0. The van der Waals surface area contributed by atoms with Crippen LogP contribution >= 0.6 is 0 Å². The van der Waals surface area contributed by atoms with Gasteiger partial charge in [0.15, 0.2) is 0 Å². The fourth-order valence-electron chi connectivity index (χ4n) is 0.302. The van der Waals surface area contributed by atoms with Crippen LogP contribution in [0.1, 0.15) is 20.8 Å². The van der Waals surface area contributed by atoms with E-state index in [9.17, 15) is 0 Å². The van der Waals surface area contributed by atoms with Crippen LogP contribution in [0.5, 0.6) is 0 Å². The molecule has 2 heteroatoms. The van der Waals surface area contributed by atoms with Gasteiger partial charge in [0.2, 0.25) is 0 Å². The highest BCUT2D eigenvalue weighted by atomic mass is 16.3. The highest BCUT2D eigenvalue weighted by Gasteiger charge is 1.99. The molecule has 0 aromatic rings. The summed E-state index contributed by atoms with van der Waals surface area (Å²) in [6.07, 6.45) is -0.528. The SMILES string of the molecule is CC(O)=C(C)C(C)O. The topological polar surface area (TPSA) is 40.5 Å². The van der Waals surface area contributed by atoms with Gasteiger partial charge in [-0.15, -0.1) is 0 Å². The van der Waals surface area contributed by atoms with E-state index < -0.39 is 6.10 Å². The van der Waals surface area contributed by atoms with Gasteiger partial charge in [0, 0.05) is 0 Å². The van der Waals surface area contributed by atoms with Crippen LogP contribution in [0.15, 0.2) is 11.3 Å². The van der Waals surface area contributed by atoms with Crippen molar-refractivity contribution in [2.45, 2.75) is 26.9 Å². The van der Waals surface area contributed by atoms with Crippen molar-refractivity contribution in [3.05, 3.63) is 11.3 Å². The molecule has 0 aliphatic carbocycles. The van der Waals surface area contributed by atoms with Crippen LogP contribution in [0.2, 0.25) is 0 Å². The molecule has 0 saturated carbocycles. The molecule has 8 heavy (non-hydrogen) atoms. The zero-order valence-electron chi connectivity index (χ0n) is 5.47. The molecular weight excluding hydrogens is 104 g/mol. The van der Waals surface area contributed by atoms with Gasteiger partial charge in [-0.2, -0.15) is 0 Å². The van der Waals surface area contributed by atoms with Crippen LogP contribution < -0.4 is 0 Å². The fraction of sp³-hybridized carbons (Fsp3) is 0.667. The Bertz CT molecular complexity index is 99.1. The van der Waals surface area contributed by atoms with E-state index in [4.69, 9.17) is 10.2 Å². The second kappa shape index (κ2) is 2.72. The molecule has 1 unspecified atom stereocenters. The lowest BCUT2D eigenvalue weighted by Crippen LogP contribution is -2.02. The summed E-state index contributed by atoms with van der Waals surface area (Å²) in [5, 5.41) is 17.5. The van der Waals surface area contributed by atoms with Crippen molar-refractivity contribution >= 4 is 0 Å². The lowest BCUT2D eigenvalue weighted by Gasteiger charge is -2.03. The average Bonchev–Trinajstić information content (AvgIpc) is 1.64. The lowest BCUT2D eigenvalue weighted by molar-refractivity contribution is 0.222. The second-order valence-corrected chi connectivity index (χ2v) is 1.94. The molecule has 48 valence electrons. The molecule has 2 N–H and O–H groups in total. The smallest absolute Gasteiger partial charge is 0.0906 e. The van der Waals surface area contributed by atoms with E-state index in [2.05, 4.69) is 0 Å². The maximum atomic E-state index is 8.77. The van der Waals surface area contributed by atoms with Crippen LogP contribution in [0, 0.1) is 0 Å². The minimum absolute atomic E-state index is 0.208. The first-order chi connectivity index (χ1) is 3.55. The van der Waals surface area contributed by atoms with Gasteiger partial charge in [-0.3, -0.25) is 0 Å². The van der Waals surface area contributed by atoms with Gasteiger partial charge in [0.1, 0.15) is 0 Å². The molecule has 0 radical (unpaired) electrons. The molecule has 0 saturated heterocycles. The average molecular weight is 116 g/mol. The molecular formula is C6H12O2. The van der Waals surface area contributed by atoms with Crippen molar-refractivity contribution in [2.24, 2.45) is 0 Å². The molecule has 0 aliphatic heterocycles. The molecule has 1 atom stereocenters. The second-order valence-electron chi connectivity index (χ2n) is 1.94. The van der Waals surface area contributed by atoms with Gasteiger partial charge in [-0.05, 0) is 26.3 Å². The molecule has 0 heterocycles. The Labute approximate surface area is 49.5 Å². The first-order valence-corrected chi connectivity index (χ1v) is 2.60.